The Kier molecular flexibility index (Phi) is 7.02. The highest BCUT2D eigenvalue weighted by atomic mass is 35.5. The minimum atomic E-state index is 0.194. The summed E-state index contributed by atoms with van der Waals surface area (Å²) in [5, 5.41) is 0.194. The van der Waals surface area contributed by atoms with Crippen LogP contribution in [0.1, 0.15) is 5.56 Å². The molecular formula is C9H12Cl2O. The van der Waals surface area contributed by atoms with Gasteiger partial charge < -0.3 is 4.74 Å². The minimum Gasteiger partial charge on any atom is -0.497 e. The summed E-state index contributed by atoms with van der Waals surface area (Å²) in [7, 11) is 1.67. The van der Waals surface area contributed by atoms with Crippen molar-refractivity contribution in [2.75, 3.05) is 12.4 Å². The summed E-state index contributed by atoms with van der Waals surface area (Å²) in [6.45, 7) is 2.06. The van der Waals surface area contributed by atoms with E-state index in [-0.39, 0.29) is 5.34 Å². The average Bonchev–Trinajstić information content (AvgIpc) is 2.07. The standard InChI is InChI=1S/C8H10O.CH2Cl2/c1-7-3-5-8(9-2)6-4-7;2-1-3/h3-6H,1-2H3;1H2. The van der Waals surface area contributed by atoms with Crippen molar-refractivity contribution >= 4 is 23.2 Å². The number of halogens is 2. The third-order valence-corrected chi connectivity index (χ3v) is 1.26. The van der Waals surface area contributed by atoms with Crippen LogP contribution in [-0.2, 0) is 0 Å². The van der Waals surface area contributed by atoms with Gasteiger partial charge in [-0.1, -0.05) is 17.7 Å². The highest BCUT2D eigenvalue weighted by Gasteiger charge is 1.85. The first-order chi connectivity index (χ1) is 5.74. The number of ether oxygens (including phenoxy) is 1. The van der Waals surface area contributed by atoms with Crippen LogP contribution in [0.2, 0.25) is 0 Å². The quantitative estimate of drug-likeness (QED) is 0.641. The molecule has 0 spiro atoms. The van der Waals surface area contributed by atoms with Crippen molar-refractivity contribution in [3.8, 4) is 5.75 Å². The zero-order chi connectivity index (χ0) is 9.40. The van der Waals surface area contributed by atoms with E-state index in [4.69, 9.17) is 27.9 Å². The molecule has 0 aliphatic rings. The highest BCUT2D eigenvalue weighted by molar-refractivity contribution is 6.40. The highest BCUT2D eigenvalue weighted by Crippen LogP contribution is 2.09. The van der Waals surface area contributed by atoms with Crippen molar-refractivity contribution in [2.45, 2.75) is 6.92 Å². The normalized spacial score (nSPS) is 8.33. The molecule has 3 heteroatoms. The van der Waals surface area contributed by atoms with Gasteiger partial charge in [-0.2, -0.15) is 0 Å². The summed E-state index contributed by atoms with van der Waals surface area (Å²) in [4.78, 5) is 0. The molecule has 1 aromatic rings. The molecule has 0 saturated carbocycles. The molecule has 1 aromatic carbocycles. The molecule has 68 valence electrons. The van der Waals surface area contributed by atoms with Crippen molar-refractivity contribution < 1.29 is 4.74 Å². The van der Waals surface area contributed by atoms with Crippen LogP contribution in [0.3, 0.4) is 0 Å². The number of alkyl halides is 2. The van der Waals surface area contributed by atoms with Crippen molar-refractivity contribution in [3.05, 3.63) is 29.8 Å². The molecule has 0 aliphatic heterocycles. The molecule has 0 aliphatic carbocycles. The van der Waals surface area contributed by atoms with Crippen LogP contribution < -0.4 is 4.74 Å². The Bertz CT molecular complexity index is 196. The predicted octanol–water partition coefficient (Wildman–Crippen LogP) is 3.43. The Labute approximate surface area is 83.3 Å². The fourth-order valence-electron chi connectivity index (χ4n) is 0.674. The zero-order valence-electron chi connectivity index (χ0n) is 7.18. The second kappa shape index (κ2) is 7.26. The van der Waals surface area contributed by atoms with Gasteiger partial charge in [0.25, 0.3) is 0 Å². The number of aryl methyl sites for hydroxylation is 1. The van der Waals surface area contributed by atoms with Crippen LogP contribution in [0, 0.1) is 6.92 Å². The van der Waals surface area contributed by atoms with Gasteiger partial charge in [-0.05, 0) is 19.1 Å². The molecule has 0 atom stereocenters. The summed E-state index contributed by atoms with van der Waals surface area (Å²) in [6.07, 6.45) is 0. The maximum Gasteiger partial charge on any atom is 0.118 e. The van der Waals surface area contributed by atoms with Crippen molar-refractivity contribution in [2.24, 2.45) is 0 Å². The van der Waals surface area contributed by atoms with Crippen molar-refractivity contribution in [1.82, 2.24) is 0 Å². The first kappa shape index (κ1) is 11.6. The lowest BCUT2D eigenvalue weighted by Gasteiger charge is -1.97. The third-order valence-electron chi connectivity index (χ3n) is 1.26. The van der Waals surface area contributed by atoms with E-state index in [2.05, 4.69) is 6.92 Å². The maximum absolute atomic E-state index is 4.97. The van der Waals surface area contributed by atoms with E-state index in [9.17, 15) is 0 Å². The van der Waals surface area contributed by atoms with Crippen LogP contribution in [0.5, 0.6) is 5.75 Å². The van der Waals surface area contributed by atoms with E-state index in [1.807, 2.05) is 24.3 Å². The second-order valence-corrected chi connectivity index (χ2v) is 2.93. The summed E-state index contributed by atoms with van der Waals surface area (Å²) >= 11 is 9.53. The molecule has 0 N–H and O–H groups in total. The molecular weight excluding hydrogens is 195 g/mol. The molecule has 0 unspecified atom stereocenters. The van der Waals surface area contributed by atoms with E-state index in [1.54, 1.807) is 7.11 Å². The number of methoxy groups -OCH3 is 1. The van der Waals surface area contributed by atoms with Gasteiger partial charge in [-0.3, -0.25) is 0 Å². The van der Waals surface area contributed by atoms with Gasteiger partial charge in [0.05, 0.1) is 12.4 Å². The molecule has 0 bridgehead atoms. The van der Waals surface area contributed by atoms with Crippen molar-refractivity contribution in [3.63, 3.8) is 0 Å². The number of hydrogen-bond donors (Lipinski definition) is 0. The second-order valence-electron chi connectivity index (χ2n) is 2.12. The molecule has 0 fully saturated rings. The molecule has 0 heterocycles. The SMILES string of the molecule is COc1ccc(C)cc1.ClCCl. The van der Waals surface area contributed by atoms with E-state index in [0.717, 1.165) is 5.75 Å². The first-order valence-electron chi connectivity index (χ1n) is 3.47. The van der Waals surface area contributed by atoms with Gasteiger partial charge >= 0.3 is 0 Å². The summed E-state index contributed by atoms with van der Waals surface area (Å²) in [5.74, 6) is 0.917. The Balaban J connectivity index is 0.000000354. The van der Waals surface area contributed by atoms with Crippen LogP contribution in [0.15, 0.2) is 24.3 Å². The number of rotatable bonds is 1. The Hall–Kier alpha value is -0.400. The number of benzene rings is 1. The molecule has 12 heavy (non-hydrogen) atoms. The van der Waals surface area contributed by atoms with Gasteiger partial charge in [0.2, 0.25) is 0 Å². The topological polar surface area (TPSA) is 9.23 Å². The van der Waals surface area contributed by atoms with Crippen LogP contribution >= 0.6 is 23.2 Å². The predicted molar refractivity (Wildman–Crippen MR) is 54.3 cm³/mol. The largest absolute Gasteiger partial charge is 0.497 e. The lowest BCUT2D eigenvalue weighted by atomic mass is 10.2. The zero-order valence-corrected chi connectivity index (χ0v) is 8.69. The van der Waals surface area contributed by atoms with E-state index in [1.165, 1.54) is 5.56 Å². The summed E-state index contributed by atoms with van der Waals surface area (Å²) in [5.41, 5.74) is 1.26. The van der Waals surface area contributed by atoms with Gasteiger partial charge in [-0.15, -0.1) is 23.2 Å². The van der Waals surface area contributed by atoms with Crippen LogP contribution in [0.25, 0.3) is 0 Å². The van der Waals surface area contributed by atoms with E-state index >= 15 is 0 Å². The van der Waals surface area contributed by atoms with Gasteiger partial charge in [0, 0.05) is 0 Å². The molecule has 1 rings (SSSR count). The summed E-state index contributed by atoms with van der Waals surface area (Å²) in [6, 6.07) is 7.96. The fraction of sp³-hybridized carbons (Fsp3) is 0.333. The van der Waals surface area contributed by atoms with Crippen molar-refractivity contribution in [1.29, 1.82) is 0 Å². The first-order valence-corrected chi connectivity index (χ1v) is 4.54. The smallest absolute Gasteiger partial charge is 0.118 e. The summed E-state index contributed by atoms with van der Waals surface area (Å²) < 4.78 is 4.97. The van der Waals surface area contributed by atoms with Gasteiger partial charge in [0.1, 0.15) is 5.75 Å². The third kappa shape index (κ3) is 5.28. The van der Waals surface area contributed by atoms with E-state index < -0.39 is 0 Å². The average molecular weight is 207 g/mol. The molecule has 0 amide bonds. The molecule has 1 nitrogen and oxygen atoms in total. The Morgan fingerprint density at radius 3 is 1.92 bits per heavy atom. The van der Waals surface area contributed by atoms with Gasteiger partial charge in [-0.25, -0.2) is 0 Å². The van der Waals surface area contributed by atoms with Gasteiger partial charge in [0.15, 0.2) is 0 Å². The lowest BCUT2D eigenvalue weighted by Crippen LogP contribution is -1.80. The maximum atomic E-state index is 4.97. The number of hydrogen-bond acceptors (Lipinski definition) is 1. The molecule has 0 aromatic heterocycles. The Morgan fingerprint density at radius 1 is 1.17 bits per heavy atom. The minimum absolute atomic E-state index is 0.194. The Morgan fingerprint density at radius 2 is 1.58 bits per heavy atom. The lowest BCUT2D eigenvalue weighted by molar-refractivity contribution is 0.414. The van der Waals surface area contributed by atoms with Crippen LogP contribution in [0.4, 0.5) is 0 Å². The van der Waals surface area contributed by atoms with E-state index in [0.29, 0.717) is 0 Å². The molecule has 0 saturated heterocycles. The monoisotopic (exact) mass is 206 g/mol. The van der Waals surface area contributed by atoms with Crippen LogP contribution in [-0.4, -0.2) is 12.4 Å². The fourth-order valence-corrected chi connectivity index (χ4v) is 0.674. The molecule has 0 radical (unpaired) electrons.